The Morgan fingerprint density at radius 1 is 1.09 bits per heavy atom. The molecule has 0 aliphatic rings. The van der Waals surface area contributed by atoms with E-state index >= 15 is 0 Å². The Morgan fingerprint density at radius 3 is 2.27 bits per heavy atom. The van der Waals surface area contributed by atoms with Crippen LogP contribution in [-0.4, -0.2) is 45.8 Å². The molecule has 1 aromatic carbocycles. The number of nitrogens with one attached hydrogen (secondary N) is 1. The summed E-state index contributed by atoms with van der Waals surface area (Å²) in [7, 11) is 7.69. The van der Waals surface area contributed by atoms with Gasteiger partial charge in [-0.05, 0) is 26.1 Å². The van der Waals surface area contributed by atoms with Crippen LogP contribution in [0.4, 0.5) is 0 Å². The van der Waals surface area contributed by atoms with Crippen molar-refractivity contribution >= 4 is 0 Å². The van der Waals surface area contributed by atoms with Crippen molar-refractivity contribution in [3.05, 3.63) is 23.8 Å². The van der Waals surface area contributed by atoms with Crippen LogP contribution < -0.4 is 14.8 Å². The summed E-state index contributed by atoms with van der Waals surface area (Å²) >= 11 is 0. The van der Waals surface area contributed by atoms with Crippen molar-refractivity contribution in [2.45, 2.75) is 39.3 Å². The van der Waals surface area contributed by atoms with Crippen LogP contribution in [0.25, 0.3) is 0 Å². The molecule has 1 N–H and O–H groups in total. The summed E-state index contributed by atoms with van der Waals surface area (Å²) in [5.41, 5.74) is 1.13. The lowest BCUT2D eigenvalue weighted by Gasteiger charge is -2.31. The third-order valence-corrected chi connectivity index (χ3v) is 4.41. The summed E-state index contributed by atoms with van der Waals surface area (Å²) in [6.45, 7) is 6.30. The number of para-hydroxylation sites is 1. The van der Waals surface area contributed by atoms with E-state index < -0.39 is 0 Å². The molecule has 0 saturated heterocycles. The number of benzene rings is 1. The van der Waals surface area contributed by atoms with Crippen LogP contribution in [0, 0.1) is 5.92 Å². The summed E-state index contributed by atoms with van der Waals surface area (Å²) in [5, 5.41) is 3.58. The number of likely N-dealkylation sites (N-methyl/N-ethyl adjacent to an activating group) is 1. The molecule has 0 aliphatic carbocycles. The van der Waals surface area contributed by atoms with Gasteiger partial charge in [-0.15, -0.1) is 0 Å². The number of hydrogen-bond donors (Lipinski definition) is 1. The second kappa shape index (κ2) is 9.70. The van der Waals surface area contributed by atoms with Gasteiger partial charge in [0, 0.05) is 24.7 Å². The summed E-state index contributed by atoms with van der Waals surface area (Å²) < 4.78 is 10.8. The molecule has 1 rings (SSSR count). The lowest BCUT2D eigenvalue weighted by Crippen LogP contribution is -2.42. The van der Waals surface area contributed by atoms with Crippen LogP contribution >= 0.6 is 0 Å². The number of hydrogen-bond acceptors (Lipinski definition) is 4. The van der Waals surface area contributed by atoms with E-state index in [0.29, 0.717) is 6.04 Å². The molecule has 0 amide bonds. The van der Waals surface area contributed by atoms with Crippen molar-refractivity contribution in [3.63, 3.8) is 0 Å². The normalized spacial score (nSPS) is 12.7. The summed E-state index contributed by atoms with van der Waals surface area (Å²) in [6, 6.07) is 6.56. The first kappa shape index (κ1) is 18.8. The predicted octanol–water partition coefficient (Wildman–Crippen LogP) is 3.16. The van der Waals surface area contributed by atoms with Gasteiger partial charge in [-0.1, -0.05) is 38.8 Å². The third-order valence-electron chi connectivity index (χ3n) is 4.41. The van der Waals surface area contributed by atoms with Gasteiger partial charge in [-0.25, -0.2) is 0 Å². The van der Waals surface area contributed by atoms with Crippen LogP contribution in [0.3, 0.4) is 0 Å². The van der Waals surface area contributed by atoms with Crippen molar-refractivity contribution < 1.29 is 9.47 Å². The molecule has 4 heteroatoms. The fourth-order valence-electron chi connectivity index (χ4n) is 3.05. The molecule has 0 heterocycles. The summed E-state index contributed by atoms with van der Waals surface area (Å²) in [5.74, 6) is 2.32. The van der Waals surface area contributed by atoms with Gasteiger partial charge in [0.15, 0.2) is 11.5 Å². The fourth-order valence-corrected chi connectivity index (χ4v) is 3.05. The van der Waals surface area contributed by atoms with E-state index in [2.05, 4.69) is 44.2 Å². The van der Waals surface area contributed by atoms with Gasteiger partial charge in [0.25, 0.3) is 0 Å². The van der Waals surface area contributed by atoms with Crippen LogP contribution in [0.5, 0.6) is 11.5 Å². The molecule has 1 aromatic rings. The first-order chi connectivity index (χ1) is 10.6. The van der Waals surface area contributed by atoms with Crippen LogP contribution in [0.2, 0.25) is 0 Å². The Morgan fingerprint density at radius 2 is 1.77 bits per heavy atom. The van der Waals surface area contributed by atoms with Crippen molar-refractivity contribution in [1.82, 2.24) is 10.2 Å². The highest BCUT2D eigenvalue weighted by molar-refractivity contribution is 5.46. The molecule has 0 radical (unpaired) electrons. The largest absolute Gasteiger partial charge is 0.493 e. The quantitative estimate of drug-likeness (QED) is 0.720. The van der Waals surface area contributed by atoms with E-state index in [1.807, 2.05) is 12.1 Å². The maximum absolute atomic E-state index is 5.49. The van der Waals surface area contributed by atoms with E-state index in [1.54, 1.807) is 14.2 Å². The number of ether oxygens (including phenoxy) is 2. The van der Waals surface area contributed by atoms with Gasteiger partial charge in [-0.3, -0.25) is 0 Å². The highest BCUT2D eigenvalue weighted by Gasteiger charge is 2.20. The monoisotopic (exact) mass is 308 g/mol. The fraction of sp³-hybridized carbons (Fsp3) is 0.667. The standard InChI is InChI=1S/C18H32N2O2/c1-7-14(8-2)16(20(3)4)13-19-12-15-10-9-11-17(21-5)18(15)22-6/h9-11,14,16,19H,7-8,12-13H2,1-6H3. The SMILES string of the molecule is CCC(CC)C(CNCc1cccc(OC)c1OC)N(C)C. The zero-order valence-electron chi connectivity index (χ0n) is 15.0. The number of rotatable bonds is 10. The lowest BCUT2D eigenvalue weighted by atomic mass is 9.93. The minimum atomic E-state index is 0.548. The summed E-state index contributed by atoms with van der Waals surface area (Å²) in [6.07, 6.45) is 2.42. The summed E-state index contributed by atoms with van der Waals surface area (Å²) in [4.78, 5) is 2.33. The average Bonchev–Trinajstić information content (AvgIpc) is 2.53. The van der Waals surface area contributed by atoms with Gasteiger partial charge in [0.05, 0.1) is 14.2 Å². The second-order valence-electron chi connectivity index (χ2n) is 5.89. The highest BCUT2D eigenvalue weighted by Crippen LogP contribution is 2.30. The van der Waals surface area contributed by atoms with Gasteiger partial charge in [0.2, 0.25) is 0 Å². The van der Waals surface area contributed by atoms with Gasteiger partial charge in [0.1, 0.15) is 0 Å². The molecule has 0 fully saturated rings. The molecule has 1 atom stereocenters. The highest BCUT2D eigenvalue weighted by atomic mass is 16.5. The molecule has 0 aliphatic heterocycles. The Balaban J connectivity index is 2.69. The van der Waals surface area contributed by atoms with Crippen LogP contribution in [0.15, 0.2) is 18.2 Å². The van der Waals surface area contributed by atoms with Crippen molar-refractivity contribution in [3.8, 4) is 11.5 Å². The van der Waals surface area contributed by atoms with Gasteiger partial charge < -0.3 is 19.7 Å². The molecule has 0 saturated carbocycles. The Bertz CT molecular complexity index is 431. The first-order valence-electron chi connectivity index (χ1n) is 8.15. The van der Waals surface area contributed by atoms with Crippen molar-refractivity contribution in [2.75, 3.05) is 34.9 Å². The zero-order valence-corrected chi connectivity index (χ0v) is 15.0. The van der Waals surface area contributed by atoms with Crippen molar-refractivity contribution in [2.24, 2.45) is 5.92 Å². The third kappa shape index (κ3) is 4.89. The number of nitrogens with zero attached hydrogens (tertiary/aromatic N) is 1. The number of methoxy groups -OCH3 is 2. The Hall–Kier alpha value is -1.26. The Labute approximate surface area is 135 Å². The van der Waals surface area contributed by atoms with E-state index in [0.717, 1.165) is 36.1 Å². The maximum atomic E-state index is 5.49. The molecule has 126 valence electrons. The zero-order chi connectivity index (χ0) is 16.5. The molecule has 0 spiro atoms. The lowest BCUT2D eigenvalue weighted by molar-refractivity contribution is 0.193. The molecular weight excluding hydrogens is 276 g/mol. The second-order valence-corrected chi connectivity index (χ2v) is 5.89. The van der Waals surface area contributed by atoms with Crippen molar-refractivity contribution in [1.29, 1.82) is 0 Å². The first-order valence-corrected chi connectivity index (χ1v) is 8.15. The van der Waals surface area contributed by atoms with E-state index in [9.17, 15) is 0 Å². The minimum absolute atomic E-state index is 0.548. The molecule has 22 heavy (non-hydrogen) atoms. The molecule has 4 nitrogen and oxygen atoms in total. The minimum Gasteiger partial charge on any atom is -0.493 e. The Kier molecular flexibility index (Phi) is 8.28. The van der Waals surface area contributed by atoms with E-state index in [-0.39, 0.29) is 0 Å². The van der Waals surface area contributed by atoms with Crippen LogP contribution in [-0.2, 0) is 6.54 Å². The smallest absolute Gasteiger partial charge is 0.165 e. The maximum Gasteiger partial charge on any atom is 0.165 e. The van der Waals surface area contributed by atoms with Gasteiger partial charge >= 0.3 is 0 Å². The van der Waals surface area contributed by atoms with E-state index in [1.165, 1.54) is 12.8 Å². The van der Waals surface area contributed by atoms with Gasteiger partial charge in [-0.2, -0.15) is 0 Å². The topological polar surface area (TPSA) is 33.7 Å². The van der Waals surface area contributed by atoms with Crippen LogP contribution in [0.1, 0.15) is 32.3 Å². The molecule has 0 bridgehead atoms. The predicted molar refractivity (Wildman–Crippen MR) is 92.8 cm³/mol. The molecule has 1 unspecified atom stereocenters. The average molecular weight is 308 g/mol. The molecule has 0 aromatic heterocycles. The van der Waals surface area contributed by atoms with E-state index in [4.69, 9.17) is 9.47 Å². The molecular formula is C18H32N2O2.